The van der Waals surface area contributed by atoms with Crippen LogP contribution in [-0.2, 0) is 0 Å². The summed E-state index contributed by atoms with van der Waals surface area (Å²) in [6, 6.07) is 17.7. The Balaban J connectivity index is 1.78. The maximum absolute atomic E-state index is 12.5. The molecular weight excluding hydrogens is 310 g/mol. The van der Waals surface area contributed by atoms with Gasteiger partial charge in [0.1, 0.15) is 5.69 Å². The van der Waals surface area contributed by atoms with Crippen molar-refractivity contribution < 1.29 is 4.79 Å². The predicted molar refractivity (Wildman–Crippen MR) is 103 cm³/mol. The number of rotatable bonds is 4. The lowest BCUT2D eigenvalue weighted by molar-refractivity contribution is 0.102. The van der Waals surface area contributed by atoms with E-state index in [2.05, 4.69) is 21.7 Å². The fourth-order valence-corrected chi connectivity index (χ4v) is 2.58. The van der Waals surface area contributed by atoms with Crippen LogP contribution in [0, 0.1) is 20.8 Å². The zero-order chi connectivity index (χ0) is 17.8. The molecule has 0 aliphatic heterocycles. The van der Waals surface area contributed by atoms with Crippen LogP contribution in [0.25, 0.3) is 0 Å². The highest BCUT2D eigenvalue weighted by molar-refractivity contribution is 6.03. The molecule has 1 amide bonds. The highest BCUT2D eigenvalue weighted by Crippen LogP contribution is 2.20. The van der Waals surface area contributed by atoms with Gasteiger partial charge in [-0.05, 0) is 67.8 Å². The number of carbonyl (C=O) groups excluding carboxylic acids is 1. The molecular formula is C21H21N3O. The molecule has 126 valence electrons. The van der Waals surface area contributed by atoms with Crippen LogP contribution in [-0.4, -0.2) is 10.9 Å². The third-order valence-corrected chi connectivity index (χ3v) is 3.94. The zero-order valence-electron chi connectivity index (χ0n) is 14.6. The van der Waals surface area contributed by atoms with Crippen molar-refractivity contribution in [1.29, 1.82) is 0 Å². The van der Waals surface area contributed by atoms with Crippen LogP contribution in [0.4, 0.5) is 17.1 Å². The SMILES string of the molecule is Cc1cccc(Nc2ccnc(C(=O)Nc3cc(C)ccc3C)c2)c1. The van der Waals surface area contributed by atoms with Crippen LogP contribution in [0.2, 0.25) is 0 Å². The minimum Gasteiger partial charge on any atom is -0.355 e. The standard InChI is InChI=1S/C21H21N3O/c1-14-5-4-6-17(11-14)23-18-9-10-22-20(13-18)21(25)24-19-12-15(2)7-8-16(19)3/h4-13H,1-3H3,(H,22,23)(H,24,25). The Morgan fingerprint density at radius 3 is 2.44 bits per heavy atom. The van der Waals surface area contributed by atoms with Crippen LogP contribution in [0.15, 0.2) is 60.8 Å². The maximum Gasteiger partial charge on any atom is 0.274 e. The molecule has 0 saturated heterocycles. The molecule has 0 saturated carbocycles. The summed E-state index contributed by atoms with van der Waals surface area (Å²) in [5.74, 6) is -0.221. The lowest BCUT2D eigenvalue weighted by Crippen LogP contribution is -2.14. The lowest BCUT2D eigenvalue weighted by atomic mass is 10.1. The van der Waals surface area contributed by atoms with E-state index in [1.807, 2.05) is 63.2 Å². The summed E-state index contributed by atoms with van der Waals surface area (Å²) in [4.78, 5) is 16.7. The Bertz CT molecular complexity index is 919. The molecule has 0 unspecified atom stereocenters. The van der Waals surface area contributed by atoms with Crippen molar-refractivity contribution in [2.24, 2.45) is 0 Å². The maximum atomic E-state index is 12.5. The van der Waals surface area contributed by atoms with Crippen molar-refractivity contribution in [1.82, 2.24) is 4.98 Å². The second-order valence-corrected chi connectivity index (χ2v) is 6.20. The van der Waals surface area contributed by atoms with Gasteiger partial charge in [0.2, 0.25) is 0 Å². The number of aromatic nitrogens is 1. The lowest BCUT2D eigenvalue weighted by Gasteiger charge is -2.11. The summed E-state index contributed by atoms with van der Waals surface area (Å²) in [5, 5.41) is 6.24. The number of hydrogen-bond acceptors (Lipinski definition) is 3. The molecule has 0 aliphatic carbocycles. The molecule has 0 atom stereocenters. The molecule has 0 radical (unpaired) electrons. The molecule has 3 aromatic rings. The number of carbonyl (C=O) groups is 1. The monoisotopic (exact) mass is 331 g/mol. The first-order chi connectivity index (χ1) is 12.0. The van der Waals surface area contributed by atoms with Crippen molar-refractivity contribution in [3.63, 3.8) is 0 Å². The van der Waals surface area contributed by atoms with Crippen LogP contribution in [0.5, 0.6) is 0 Å². The molecule has 2 aromatic carbocycles. The van der Waals surface area contributed by atoms with Crippen LogP contribution in [0.3, 0.4) is 0 Å². The Labute approximate surface area is 147 Å². The average molecular weight is 331 g/mol. The van der Waals surface area contributed by atoms with Crippen LogP contribution in [0.1, 0.15) is 27.2 Å². The molecule has 4 heteroatoms. The van der Waals surface area contributed by atoms with Gasteiger partial charge in [-0.1, -0.05) is 24.3 Å². The van der Waals surface area contributed by atoms with Crippen molar-refractivity contribution in [3.05, 3.63) is 83.2 Å². The van der Waals surface area contributed by atoms with Crippen LogP contribution < -0.4 is 10.6 Å². The largest absolute Gasteiger partial charge is 0.355 e. The van der Waals surface area contributed by atoms with Gasteiger partial charge in [0, 0.05) is 23.3 Å². The van der Waals surface area contributed by atoms with Gasteiger partial charge in [0.05, 0.1) is 0 Å². The van der Waals surface area contributed by atoms with Gasteiger partial charge in [-0.3, -0.25) is 9.78 Å². The Kier molecular flexibility index (Phi) is 4.80. The van der Waals surface area contributed by atoms with E-state index < -0.39 is 0 Å². The molecule has 2 N–H and O–H groups in total. The molecule has 3 rings (SSSR count). The van der Waals surface area contributed by atoms with Crippen molar-refractivity contribution in [2.45, 2.75) is 20.8 Å². The number of anilines is 3. The first-order valence-corrected chi connectivity index (χ1v) is 8.19. The van der Waals surface area contributed by atoms with Crippen molar-refractivity contribution in [3.8, 4) is 0 Å². The topological polar surface area (TPSA) is 54.0 Å². The summed E-state index contributed by atoms with van der Waals surface area (Å²) in [5.41, 5.74) is 6.28. The summed E-state index contributed by atoms with van der Waals surface area (Å²) < 4.78 is 0. The van der Waals surface area contributed by atoms with E-state index in [1.54, 1.807) is 12.3 Å². The van der Waals surface area contributed by atoms with Gasteiger partial charge in [-0.2, -0.15) is 0 Å². The average Bonchev–Trinajstić information content (AvgIpc) is 2.58. The van der Waals surface area contributed by atoms with Gasteiger partial charge >= 0.3 is 0 Å². The minimum atomic E-state index is -0.221. The molecule has 0 spiro atoms. The minimum absolute atomic E-state index is 0.221. The second kappa shape index (κ2) is 7.18. The Morgan fingerprint density at radius 2 is 1.64 bits per heavy atom. The van der Waals surface area contributed by atoms with E-state index in [-0.39, 0.29) is 5.91 Å². The van der Waals surface area contributed by atoms with E-state index in [0.29, 0.717) is 5.69 Å². The van der Waals surface area contributed by atoms with Crippen molar-refractivity contribution in [2.75, 3.05) is 10.6 Å². The highest BCUT2D eigenvalue weighted by Gasteiger charge is 2.10. The molecule has 1 aromatic heterocycles. The van der Waals surface area contributed by atoms with Gasteiger partial charge in [-0.25, -0.2) is 0 Å². The number of nitrogens with zero attached hydrogens (tertiary/aromatic N) is 1. The summed E-state index contributed by atoms with van der Waals surface area (Å²) in [6.07, 6.45) is 1.64. The number of aryl methyl sites for hydroxylation is 3. The number of hydrogen-bond donors (Lipinski definition) is 2. The smallest absolute Gasteiger partial charge is 0.274 e. The van der Waals surface area contributed by atoms with E-state index in [4.69, 9.17) is 0 Å². The highest BCUT2D eigenvalue weighted by atomic mass is 16.1. The van der Waals surface area contributed by atoms with E-state index in [9.17, 15) is 4.79 Å². The molecule has 1 heterocycles. The molecule has 25 heavy (non-hydrogen) atoms. The molecule has 4 nitrogen and oxygen atoms in total. The first kappa shape index (κ1) is 16.7. The third kappa shape index (κ3) is 4.23. The quantitative estimate of drug-likeness (QED) is 0.707. The second-order valence-electron chi connectivity index (χ2n) is 6.20. The summed E-state index contributed by atoms with van der Waals surface area (Å²) in [6.45, 7) is 6.01. The van der Waals surface area contributed by atoms with E-state index in [1.165, 1.54) is 5.56 Å². The first-order valence-electron chi connectivity index (χ1n) is 8.19. The van der Waals surface area contributed by atoms with Gasteiger partial charge < -0.3 is 10.6 Å². The molecule has 0 aliphatic rings. The summed E-state index contributed by atoms with van der Waals surface area (Å²) in [7, 11) is 0. The summed E-state index contributed by atoms with van der Waals surface area (Å²) >= 11 is 0. The number of nitrogens with one attached hydrogen (secondary N) is 2. The number of amides is 1. The zero-order valence-corrected chi connectivity index (χ0v) is 14.6. The number of benzene rings is 2. The Hall–Kier alpha value is -3.14. The Morgan fingerprint density at radius 1 is 0.880 bits per heavy atom. The molecule has 0 bridgehead atoms. The van der Waals surface area contributed by atoms with Gasteiger partial charge in [0.15, 0.2) is 0 Å². The van der Waals surface area contributed by atoms with Gasteiger partial charge in [-0.15, -0.1) is 0 Å². The normalized spacial score (nSPS) is 10.4. The fraction of sp³-hybridized carbons (Fsp3) is 0.143. The number of pyridine rings is 1. The van der Waals surface area contributed by atoms with Gasteiger partial charge in [0.25, 0.3) is 5.91 Å². The van der Waals surface area contributed by atoms with E-state index in [0.717, 1.165) is 28.2 Å². The predicted octanol–water partition coefficient (Wildman–Crippen LogP) is 5.00. The van der Waals surface area contributed by atoms with Crippen LogP contribution >= 0.6 is 0 Å². The van der Waals surface area contributed by atoms with E-state index >= 15 is 0 Å². The van der Waals surface area contributed by atoms with Crippen molar-refractivity contribution >= 4 is 23.0 Å². The third-order valence-electron chi connectivity index (χ3n) is 3.94. The fourth-order valence-electron chi connectivity index (χ4n) is 2.58. The molecule has 0 fully saturated rings.